The smallest absolute Gasteiger partial charge is 0.212 e. The summed E-state index contributed by atoms with van der Waals surface area (Å²) in [5, 5.41) is 11.6. The molecule has 96 valence electrons. The van der Waals surface area contributed by atoms with Gasteiger partial charge in [-0.25, -0.2) is 0 Å². The molecule has 18 heavy (non-hydrogen) atoms. The lowest BCUT2D eigenvalue weighted by atomic mass is 10.2. The molecule has 2 aromatic rings. The van der Waals surface area contributed by atoms with E-state index in [0.29, 0.717) is 23.9 Å². The van der Waals surface area contributed by atoms with E-state index in [4.69, 9.17) is 15.2 Å². The van der Waals surface area contributed by atoms with Crippen LogP contribution in [0.25, 0.3) is 0 Å². The number of methoxy groups -OCH3 is 1. The maximum Gasteiger partial charge on any atom is 0.212 e. The van der Waals surface area contributed by atoms with E-state index >= 15 is 0 Å². The van der Waals surface area contributed by atoms with E-state index in [2.05, 4.69) is 15.4 Å². The number of tetrazole rings is 1. The van der Waals surface area contributed by atoms with Crippen LogP contribution in [0.3, 0.4) is 0 Å². The van der Waals surface area contributed by atoms with Gasteiger partial charge in [0.2, 0.25) is 5.82 Å². The van der Waals surface area contributed by atoms with E-state index in [1.54, 1.807) is 20.2 Å². The molecule has 0 radical (unpaired) electrons. The molecule has 2 rings (SSSR count). The van der Waals surface area contributed by atoms with Crippen molar-refractivity contribution in [2.24, 2.45) is 12.8 Å². The van der Waals surface area contributed by atoms with Crippen LogP contribution >= 0.6 is 0 Å². The van der Waals surface area contributed by atoms with E-state index in [0.717, 1.165) is 5.56 Å². The molecule has 0 unspecified atom stereocenters. The number of nitrogens with zero attached hydrogens (tertiary/aromatic N) is 4. The van der Waals surface area contributed by atoms with E-state index in [9.17, 15) is 0 Å². The first-order chi connectivity index (χ1) is 8.72. The zero-order valence-electron chi connectivity index (χ0n) is 10.3. The second-order valence-corrected chi connectivity index (χ2v) is 3.66. The zero-order valence-corrected chi connectivity index (χ0v) is 10.3. The van der Waals surface area contributed by atoms with Crippen molar-refractivity contribution in [1.82, 2.24) is 20.2 Å². The fourth-order valence-electron chi connectivity index (χ4n) is 1.49. The van der Waals surface area contributed by atoms with E-state index in [1.807, 2.05) is 12.1 Å². The monoisotopic (exact) mass is 249 g/mol. The van der Waals surface area contributed by atoms with Gasteiger partial charge in [0, 0.05) is 18.2 Å². The quantitative estimate of drug-likeness (QED) is 0.817. The molecule has 7 nitrogen and oxygen atoms in total. The minimum absolute atomic E-state index is 0.244. The van der Waals surface area contributed by atoms with Gasteiger partial charge >= 0.3 is 0 Å². The van der Waals surface area contributed by atoms with Gasteiger partial charge in [-0.3, -0.25) is 0 Å². The molecule has 0 amide bonds. The lowest BCUT2D eigenvalue weighted by Gasteiger charge is -2.10. The standard InChI is InChI=1S/C11H15N5O2/c1-16-14-11(13-15-16)7-18-10-5-9(17-2)4-3-8(10)6-12/h3-5H,6-7,12H2,1-2H3. The molecule has 0 aliphatic rings. The van der Waals surface area contributed by atoms with Crippen LogP contribution in [0.2, 0.25) is 0 Å². The molecule has 1 heterocycles. The Morgan fingerprint density at radius 3 is 2.83 bits per heavy atom. The molecule has 7 heteroatoms. The molecule has 1 aromatic heterocycles. The molecule has 0 atom stereocenters. The fourth-order valence-corrected chi connectivity index (χ4v) is 1.49. The molecule has 0 aliphatic carbocycles. The summed E-state index contributed by atoms with van der Waals surface area (Å²) in [6, 6.07) is 5.51. The Labute approximate surface area is 104 Å². The number of hydrogen-bond donors (Lipinski definition) is 1. The minimum Gasteiger partial charge on any atom is -0.497 e. The van der Waals surface area contributed by atoms with Crippen molar-refractivity contribution in [3.05, 3.63) is 29.6 Å². The maximum absolute atomic E-state index is 5.65. The molecule has 0 saturated carbocycles. The average molecular weight is 249 g/mol. The van der Waals surface area contributed by atoms with Gasteiger partial charge in [-0.05, 0) is 11.3 Å². The number of aromatic nitrogens is 4. The number of ether oxygens (including phenoxy) is 2. The Balaban J connectivity index is 2.11. The van der Waals surface area contributed by atoms with Gasteiger partial charge in [0.05, 0.1) is 14.2 Å². The fraction of sp³-hybridized carbons (Fsp3) is 0.364. The van der Waals surface area contributed by atoms with Crippen molar-refractivity contribution in [3.8, 4) is 11.5 Å². The number of nitrogens with two attached hydrogens (primary N) is 1. The summed E-state index contributed by atoms with van der Waals surface area (Å²) in [5.74, 6) is 1.90. The molecule has 0 spiro atoms. The number of benzene rings is 1. The van der Waals surface area contributed by atoms with Crippen LogP contribution in [0, 0.1) is 0 Å². The van der Waals surface area contributed by atoms with E-state index in [-0.39, 0.29) is 6.61 Å². The van der Waals surface area contributed by atoms with Crippen molar-refractivity contribution >= 4 is 0 Å². The molecule has 0 saturated heterocycles. The Morgan fingerprint density at radius 1 is 1.39 bits per heavy atom. The summed E-state index contributed by atoms with van der Waals surface area (Å²) in [7, 11) is 3.30. The van der Waals surface area contributed by atoms with Gasteiger partial charge in [-0.2, -0.15) is 4.80 Å². The Morgan fingerprint density at radius 2 is 2.22 bits per heavy atom. The predicted molar refractivity (Wildman–Crippen MR) is 64.0 cm³/mol. The summed E-state index contributed by atoms with van der Waals surface area (Å²) in [6.07, 6.45) is 0. The van der Waals surface area contributed by atoms with Crippen LogP contribution in [0.5, 0.6) is 11.5 Å². The first-order valence-electron chi connectivity index (χ1n) is 5.45. The van der Waals surface area contributed by atoms with Crippen LogP contribution in [0.15, 0.2) is 18.2 Å². The van der Waals surface area contributed by atoms with Crippen LogP contribution in [0.1, 0.15) is 11.4 Å². The van der Waals surface area contributed by atoms with Crippen LogP contribution in [0.4, 0.5) is 0 Å². The third kappa shape index (κ3) is 2.75. The summed E-state index contributed by atoms with van der Waals surface area (Å²) < 4.78 is 10.8. The largest absolute Gasteiger partial charge is 0.497 e. The molecule has 2 N–H and O–H groups in total. The van der Waals surface area contributed by atoms with Crippen molar-refractivity contribution in [2.45, 2.75) is 13.2 Å². The van der Waals surface area contributed by atoms with Crippen molar-refractivity contribution in [2.75, 3.05) is 7.11 Å². The number of aryl methyl sites for hydroxylation is 1. The van der Waals surface area contributed by atoms with Gasteiger partial charge in [-0.15, -0.1) is 10.2 Å². The second-order valence-electron chi connectivity index (χ2n) is 3.66. The van der Waals surface area contributed by atoms with E-state index < -0.39 is 0 Å². The molecular formula is C11H15N5O2. The highest BCUT2D eigenvalue weighted by molar-refractivity contribution is 5.40. The van der Waals surface area contributed by atoms with Crippen LogP contribution in [-0.2, 0) is 20.2 Å². The summed E-state index contributed by atoms with van der Waals surface area (Å²) >= 11 is 0. The Kier molecular flexibility index (Phi) is 3.73. The zero-order chi connectivity index (χ0) is 13.0. The highest BCUT2D eigenvalue weighted by atomic mass is 16.5. The molecule has 1 aromatic carbocycles. The predicted octanol–water partition coefficient (Wildman–Crippen LogP) is 0.256. The highest BCUT2D eigenvalue weighted by Gasteiger charge is 2.07. The normalized spacial score (nSPS) is 10.4. The lowest BCUT2D eigenvalue weighted by molar-refractivity contribution is 0.290. The van der Waals surface area contributed by atoms with Crippen LogP contribution in [-0.4, -0.2) is 27.3 Å². The summed E-state index contributed by atoms with van der Waals surface area (Å²) in [4.78, 5) is 1.38. The number of hydrogen-bond acceptors (Lipinski definition) is 6. The van der Waals surface area contributed by atoms with Gasteiger partial charge in [-0.1, -0.05) is 6.07 Å². The van der Waals surface area contributed by atoms with Crippen molar-refractivity contribution < 1.29 is 9.47 Å². The van der Waals surface area contributed by atoms with E-state index in [1.165, 1.54) is 4.80 Å². The average Bonchev–Trinajstić information content (AvgIpc) is 2.81. The number of rotatable bonds is 5. The minimum atomic E-state index is 0.244. The van der Waals surface area contributed by atoms with Gasteiger partial charge in [0.25, 0.3) is 0 Å². The first-order valence-corrected chi connectivity index (χ1v) is 5.45. The van der Waals surface area contributed by atoms with Gasteiger partial charge in [0.1, 0.15) is 11.5 Å². The first kappa shape index (κ1) is 12.3. The SMILES string of the molecule is COc1ccc(CN)c(OCc2nnn(C)n2)c1. The Hall–Kier alpha value is -2.15. The van der Waals surface area contributed by atoms with Crippen molar-refractivity contribution in [1.29, 1.82) is 0 Å². The highest BCUT2D eigenvalue weighted by Crippen LogP contribution is 2.24. The Bertz CT molecular complexity index is 526. The summed E-state index contributed by atoms with van der Waals surface area (Å²) in [5.41, 5.74) is 6.55. The van der Waals surface area contributed by atoms with Crippen LogP contribution < -0.4 is 15.2 Å². The topological polar surface area (TPSA) is 88.1 Å². The summed E-state index contributed by atoms with van der Waals surface area (Å²) in [6.45, 7) is 0.640. The van der Waals surface area contributed by atoms with Crippen molar-refractivity contribution in [3.63, 3.8) is 0 Å². The molecule has 0 bridgehead atoms. The second kappa shape index (κ2) is 5.46. The van der Waals surface area contributed by atoms with Gasteiger partial charge in [0.15, 0.2) is 6.61 Å². The third-order valence-electron chi connectivity index (χ3n) is 2.40. The maximum atomic E-state index is 5.65. The third-order valence-corrected chi connectivity index (χ3v) is 2.40. The van der Waals surface area contributed by atoms with Gasteiger partial charge < -0.3 is 15.2 Å². The molecular weight excluding hydrogens is 234 g/mol. The molecule has 0 aliphatic heterocycles. The molecule has 0 fully saturated rings. The lowest BCUT2D eigenvalue weighted by Crippen LogP contribution is -2.04.